The van der Waals surface area contributed by atoms with Crippen LogP contribution in [-0.2, 0) is 26.0 Å². The van der Waals surface area contributed by atoms with E-state index >= 15 is 0 Å². The molecule has 0 aliphatic carbocycles. The van der Waals surface area contributed by atoms with Crippen LogP contribution in [0.4, 0.5) is 10.1 Å². The van der Waals surface area contributed by atoms with Crippen molar-refractivity contribution < 1.29 is 22.4 Å². The Morgan fingerprint density at radius 1 is 1.11 bits per heavy atom. The standard InChI is InChI=1S/C25H33ClFN3O4S/c1-5-23(25(32)28-16-18(2)3)29(14-13-19-9-7-6-8-10-19)24(31)17-30(35(4,33)34)20-11-12-22(27)21(26)15-20/h6-12,15,18,23H,5,13-14,16-17H2,1-4H3,(H,28,32). The van der Waals surface area contributed by atoms with E-state index in [4.69, 9.17) is 11.6 Å². The highest BCUT2D eigenvalue weighted by Gasteiger charge is 2.31. The van der Waals surface area contributed by atoms with Gasteiger partial charge in [-0.2, -0.15) is 0 Å². The Labute approximate surface area is 212 Å². The van der Waals surface area contributed by atoms with Gasteiger partial charge in [0, 0.05) is 13.1 Å². The summed E-state index contributed by atoms with van der Waals surface area (Å²) in [5.41, 5.74) is 1.04. The van der Waals surface area contributed by atoms with Crippen molar-refractivity contribution in [3.05, 3.63) is 64.9 Å². The molecule has 2 aromatic carbocycles. The number of carbonyl (C=O) groups excluding carboxylic acids is 2. The molecule has 2 rings (SSSR count). The normalized spacial score (nSPS) is 12.3. The maximum absolute atomic E-state index is 13.7. The zero-order valence-corrected chi connectivity index (χ0v) is 22.1. The SMILES string of the molecule is CCC(C(=O)NCC(C)C)N(CCc1ccccc1)C(=O)CN(c1ccc(F)c(Cl)c1)S(C)(=O)=O. The second-order valence-electron chi connectivity index (χ2n) is 8.75. The van der Waals surface area contributed by atoms with Gasteiger partial charge in [-0.15, -0.1) is 0 Å². The van der Waals surface area contributed by atoms with E-state index in [1.807, 2.05) is 44.2 Å². The van der Waals surface area contributed by atoms with Gasteiger partial charge < -0.3 is 10.2 Å². The minimum absolute atomic E-state index is 0.0626. The molecule has 10 heteroatoms. The maximum Gasteiger partial charge on any atom is 0.244 e. The van der Waals surface area contributed by atoms with E-state index in [9.17, 15) is 22.4 Å². The Morgan fingerprint density at radius 3 is 2.31 bits per heavy atom. The van der Waals surface area contributed by atoms with E-state index in [1.165, 1.54) is 11.0 Å². The van der Waals surface area contributed by atoms with Gasteiger partial charge in [0.25, 0.3) is 0 Å². The molecule has 0 heterocycles. The summed E-state index contributed by atoms with van der Waals surface area (Å²) in [4.78, 5) is 27.9. The second-order valence-corrected chi connectivity index (χ2v) is 11.1. The number of hydrogen-bond donors (Lipinski definition) is 1. The molecule has 0 saturated heterocycles. The second kappa shape index (κ2) is 12.9. The van der Waals surface area contributed by atoms with Crippen LogP contribution in [0.5, 0.6) is 0 Å². The molecule has 1 unspecified atom stereocenters. The molecule has 2 aromatic rings. The minimum Gasteiger partial charge on any atom is -0.354 e. The van der Waals surface area contributed by atoms with Gasteiger partial charge in [0.1, 0.15) is 18.4 Å². The lowest BCUT2D eigenvalue weighted by molar-refractivity contribution is -0.139. The van der Waals surface area contributed by atoms with E-state index in [1.54, 1.807) is 6.92 Å². The number of sulfonamides is 1. The molecule has 192 valence electrons. The van der Waals surface area contributed by atoms with Crippen LogP contribution in [0, 0.1) is 11.7 Å². The highest BCUT2D eigenvalue weighted by molar-refractivity contribution is 7.92. The average molecular weight is 526 g/mol. The van der Waals surface area contributed by atoms with Crippen molar-refractivity contribution >= 4 is 39.1 Å². The first-order valence-corrected chi connectivity index (χ1v) is 13.7. The number of amides is 2. The van der Waals surface area contributed by atoms with Crippen LogP contribution < -0.4 is 9.62 Å². The molecule has 0 aliphatic rings. The lowest BCUT2D eigenvalue weighted by Gasteiger charge is -2.33. The molecule has 0 bridgehead atoms. The Morgan fingerprint density at radius 2 is 1.77 bits per heavy atom. The Balaban J connectivity index is 2.36. The summed E-state index contributed by atoms with van der Waals surface area (Å²) in [7, 11) is -3.91. The van der Waals surface area contributed by atoms with E-state index in [0.29, 0.717) is 19.4 Å². The maximum atomic E-state index is 13.7. The summed E-state index contributed by atoms with van der Waals surface area (Å²) in [5, 5.41) is 2.61. The fraction of sp³-hybridized carbons (Fsp3) is 0.440. The molecule has 2 amide bonds. The predicted molar refractivity (Wildman–Crippen MR) is 137 cm³/mol. The van der Waals surface area contributed by atoms with Crippen molar-refractivity contribution in [1.82, 2.24) is 10.2 Å². The van der Waals surface area contributed by atoms with Crippen LogP contribution in [-0.4, -0.2) is 57.1 Å². The molecule has 1 N–H and O–H groups in total. The smallest absolute Gasteiger partial charge is 0.244 e. The van der Waals surface area contributed by atoms with Crippen molar-refractivity contribution in [3.8, 4) is 0 Å². The number of rotatable bonds is 12. The van der Waals surface area contributed by atoms with Crippen LogP contribution in [0.3, 0.4) is 0 Å². The quantitative estimate of drug-likeness (QED) is 0.456. The summed E-state index contributed by atoms with van der Waals surface area (Å²) in [5.74, 6) is -1.31. The van der Waals surface area contributed by atoms with Crippen LogP contribution in [0.1, 0.15) is 32.8 Å². The number of carbonyl (C=O) groups is 2. The number of anilines is 1. The van der Waals surface area contributed by atoms with Crippen LogP contribution in [0.25, 0.3) is 0 Å². The Bertz CT molecular complexity index is 1110. The fourth-order valence-electron chi connectivity index (χ4n) is 3.57. The topological polar surface area (TPSA) is 86.8 Å². The zero-order chi connectivity index (χ0) is 26.2. The predicted octanol–water partition coefficient (Wildman–Crippen LogP) is 3.87. The molecular formula is C25H33ClFN3O4S. The highest BCUT2D eigenvalue weighted by Crippen LogP contribution is 2.25. The summed E-state index contributed by atoms with van der Waals surface area (Å²) in [6.45, 7) is 5.87. The van der Waals surface area contributed by atoms with Gasteiger partial charge in [-0.25, -0.2) is 12.8 Å². The molecular weight excluding hydrogens is 493 g/mol. The van der Waals surface area contributed by atoms with Gasteiger partial charge in [-0.1, -0.05) is 62.7 Å². The number of nitrogens with one attached hydrogen (secondary N) is 1. The third-order valence-corrected chi connectivity index (χ3v) is 6.86. The molecule has 0 spiro atoms. The summed E-state index contributed by atoms with van der Waals surface area (Å²) in [6.07, 6.45) is 1.80. The third kappa shape index (κ3) is 8.50. The van der Waals surface area contributed by atoms with Crippen LogP contribution in [0.15, 0.2) is 48.5 Å². The lowest BCUT2D eigenvalue weighted by atomic mass is 10.1. The van der Waals surface area contributed by atoms with Gasteiger partial charge in [0.05, 0.1) is 17.0 Å². The third-order valence-electron chi connectivity index (χ3n) is 5.43. The molecule has 0 radical (unpaired) electrons. The number of benzene rings is 2. The summed E-state index contributed by atoms with van der Waals surface area (Å²) >= 11 is 5.85. The zero-order valence-electron chi connectivity index (χ0n) is 20.5. The van der Waals surface area contributed by atoms with Crippen molar-refractivity contribution in [3.63, 3.8) is 0 Å². The summed E-state index contributed by atoms with van der Waals surface area (Å²) in [6, 6.07) is 12.2. The lowest BCUT2D eigenvalue weighted by Crippen LogP contribution is -2.53. The van der Waals surface area contributed by atoms with Crippen molar-refractivity contribution in [2.45, 2.75) is 39.7 Å². The molecule has 0 aliphatic heterocycles. The molecule has 0 aromatic heterocycles. The largest absolute Gasteiger partial charge is 0.354 e. The van der Waals surface area contributed by atoms with Gasteiger partial charge >= 0.3 is 0 Å². The number of halogens is 2. The molecule has 35 heavy (non-hydrogen) atoms. The van der Waals surface area contributed by atoms with Crippen molar-refractivity contribution in [2.24, 2.45) is 5.92 Å². The minimum atomic E-state index is -3.91. The Kier molecular flexibility index (Phi) is 10.5. The van der Waals surface area contributed by atoms with Crippen LogP contribution in [0.2, 0.25) is 5.02 Å². The molecule has 0 fully saturated rings. The van der Waals surface area contributed by atoms with E-state index < -0.39 is 34.3 Å². The van der Waals surface area contributed by atoms with Gasteiger partial charge in [0.15, 0.2) is 0 Å². The van der Waals surface area contributed by atoms with E-state index in [0.717, 1.165) is 28.3 Å². The van der Waals surface area contributed by atoms with Crippen molar-refractivity contribution in [2.75, 3.05) is 30.2 Å². The van der Waals surface area contributed by atoms with Crippen molar-refractivity contribution in [1.29, 1.82) is 0 Å². The van der Waals surface area contributed by atoms with Crippen LogP contribution >= 0.6 is 11.6 Å². The van der Waals surface area contributed by atoms with Gasteiger partial charge in [0.2, 0.25) is 21.8 Å². The number of hydrogen-bond acceptors (Lipinski definition) is 4. The van der Waals surface area contributed by atoms with E-state index in [2.05, 4.69) is 5.32 Å². The molecule has 1 atom stereocenters. The first-order chi connectivity index (χ1) is 16.4. The van der Waals surface area contributed by atoms with Gasteiger partial charge in [-0.05, 0) is 42.5 Å². The number of nitrogens with zero attached hydrogens (tertiary/aromatic N) is 2. The van der Waals surface area contributed by atoms with Gasteiger partial charge in [-0.3, -0.25) is 13.9 Å². The highest BCUT2D eigenvalue weighted by atomic mass is 35.5. The van der Waals surface area contributed by atoms with E-state index in [-0.39, 0.29) is 29.1 Å². The first kappa shape index (κ1) is 28.6. The monoisotopic (exact) mass is 525 g/mol. The average Bonchev–Trinajstić information content (AvgIpc) is 2.80. The summed E-state index contributed by atoms with van der Waals surface area (Å²) < 4.78 is 39.6. The first-order valence-electron chi connectivity index (χ1n) is 11.5. The molecule has 0 saturated carbocycles. The molecule has 7 nitrogen and oxygen atoms in total. The fourth-order valence-corrected chi connectivity index (χ4v) is 4.59. The Hall–Kier alpha value is -2.65.